The molecule has 0 aliphatic heterocycles. The van der Waals surface area contributed by atoms with Crippen molar-refractivity contribution in [1.29, 1.82) is 0 Å². The Hall–Kier alpha value is -3.18. The second-order valence-electron chi connectivity index (χ2n) is 5.49. The number of nitrogens with one attached hydrogen (secondary N) is 1. The van der Waals surface area contributed by atoms with Crippen molar-refractivity contribution in [2.75, 3.05) is 5.43 Å². The number of para-hydroxylation sites is 1. The van der Waals surface area contributed by atoms with Gasteiger partial charge in [0.05, 0.1) is 11.9 Å². The van der Waals surface area contributed by atoms with E-state index in [0.29, 0.717) is 10.7 Å². The Labute approximate surface area is 149 Å². The molecule has 0 spiro atoms. The van der Waals surface area contributed by atoms with E-state index < -0.39 is 0 Å². The maximum atomic E-state index is 9.73. The number of aromatic nitrogens is 1. The van der Waals surface area contributed by atoms with Gasteiger partial charge in [-0.15, -0.1) is 11.3 Å². The number of hydrogen-bond acceptors (Lipinski definition) is 5. The number of hydrazone groups is 1. The summed E-state index contributed by atoms with van der Waals surface area (Å²) in [7, 11) is 0. The van der Waals surface area contributed by atoms with Crippen LogP contribution in [0.25, 0.3) is 22.0 Å². The quantitative estimate of drug-likeness (QED) is 0.399. The van der Waals surface area contributed by atoms with E-state index in [1.54, 1.807) is 24.4 Å². The number of benzene rings is 3. The van der Waals surface area contributed by atoms with Crippen molar-refractivity contribution < 1.29 is 5.11 Å². The molecule has 5 heteroatoms. The SMILES string of the molecule is Oc1ccccc1/C=N/Nc1nc(-c2cccc3ccccc23)cs1. The molecule has 0 atom stereocenters. The Morgan fingerprint density at radius 2 is 1.76 bits per heavy atom. The van der Waals surface area contributed by atoms with Gasteiger partial charge in [-0.25, -0.2) is 4.98 Å². The molecule has 0 radical (unpaired) electrons. The third-order valence-corrected chi connectivity index (χ3v) is 4.62. The summed E-state index contributed by atoms with van der Waals surface area (Å²) >= 11 is 1.49. The van der Waals surface area contributed by atoms with Gasteiger partial charge in [0.15, 0.2) is 0 Å². The lowest BCUT2D eigenvalue weighted by atomic mass is 10.0. The van der Waals surface area contributed by atoms with Crippen LogP contribution in [0.4, 0.5) is 5.13 Å². The standard InChI is InChI=1S/C20H15N3OS/c24-19-11-4-2-7-15(19)12-21-23-20-22-18(13-25-20)17-10-5-8-14-6-1-3-9-16(14)17/h1-13,24H,(H,22,23)/b21-12+. The van der Waals surface area contributed by atoms with Gasteiger partial charge in [-0.2, -0.15) is 5.10 Å². The Balaban J connectivity index is 1.57. The van der Waals surface area contributed by atoms with Crippen molar-refractivity contribution >= 4 is 33.5 Å². The third-order valence-electron chi connectivity index (χ3n) is 3.87. The summed E-state index contributed by atoms with van der Waals surface area (Å²) in [5, 5.41) is 19.0. The lowest BCUT2D eigenvalue weighted by Crippen LogP contribution is -1.90. The summed E-state index contributed by atoms with van der Waals surface area (Å²) in [5.41, 5.74) is 5.60. The number of phenols is 1. The average molecular weight is 345 g/mol. The first-order chi connectivity index (χ1) is 12.3. The molecule has 0 saturated carbocycles. The minimum absolute atomic E-state index is 0.198. The van der Waals surface area contributed by atoms with Gasteiger partial charge in [0.1, 0.15) is 5.75 Å². The van der Waals surface area contributed by atoms with Crippen LogP contribution in [0.15, 0.2) is 77.2 Å². The monoisotopic (exact) mass is 345 g/mol. The van der Waals surface area contributed by atoms with E-state index in [1.165, 1.54) is 22.1 Å². The minimum Gasteiger partial charge on any atom is -0.507 e. The van der Waals surface area contributed by atoms with Crippen LogP contribution in [-0.2, 0) is 0 Å². The number of thiazole rings is 1. The topological polar surface area (TPSA) is 57.5 Å². The van der Waals surface area contributed by atoms with E-state index in [4.69, 9.17) is 0 Å². The van der Waals surface area contributed by atoms with Crippen molar-refractivity contribution in [3.05, 3.63) is 77.7 Å². The molecule has 122 valence electrons. The Morgan fingerprint density at radius 3 is 2.68 bits per heavy atom. The molecule has 1 heterocycles. The van der Waals surface area contributed by atoms with Crippen molar-refractivity contribution in [2.45, 2.75) is 0 Å². The van der Waals surface area contributed by atoms with E-state index >= 15 is 0 Å². The van der Waals surface area contributed by atoms with Gasteiger partial charge in [-0.3, -0.25) is 5.43 Å². The highest BCUT2D eigenvalue weighted by Gasteiger charge is 2.07. The van der Waals surface area contributed by atoms with Crippen LogP contribution in [0.2, 0.25) is 0 Å². The molecule has 0 unspecified atom stereocenters. The average Bonchev–Trinajstić information content (AvgIpc) is 3.11. The highest BCUT2D eigenvalue weighted by Crippen LogP contribution is 2.30. The molecule has 0 aliphatic carbocycles. The molecular formula is C20H15N3OS. The number of phenolic OH excluding ortho intramolecular Hbond substituents is 1. The lowest BCUT2D eigenvalue weighted by molar-refractivity contribution is 0.474. The summed E-state index contributed by atoms with van der Waals surface area (Å²) < 4.78 is 0. The summed E-state index contributed by atoms with van der Waals surface area (Å²) in [6.45, 7) is 0. The third kappa shape index (κ3) is 3.22. The fourth-order valence-corrected chi connectivity index (χ4v) is 3.31. The molecule has 0 aliphatic rings. The van der Waals surface area contributed by atoms with Crippen LogP contribution >= 0.6 is 11.3 Å². The zero-order valence-electron chi connectivity index (χ0n) is 13.3. The van der Waals surface area contributed by atoms with E-state index in [0.717, 1.165) is 11.3 Å². The molecule has 1 aromatic heterocycles. The highest BCUT2D eigenvalue weighted by atomic mass is 32.1. The largest absolute Gasteiger partial charge is 0.507 e. The van der Waals surface area contributed by atoms with Crippen LogP contribution < -0.4 is 5.43 Å². The van der Waals surface area contributed by atoms with Crippen LogP contribution in [0.1, 0.15) is 5.56 Å². The summed E-state index contributed by atoms with van der Waals surface area (Å²) in [4.78, 5) is 4.62. The Kier molecular flexibility index (Phi) is 4.14. The van der Waals surface area contributed by atoms with Gasteiger partial charge < -0.3 is 5.11 Å². The van der Waals surface area contributed by atoms with E-state index in [1.807, 2.05) is 29.6 Å². The van der Waals surface area contributed by atoms with Crippen LogP contribution in [0, 0.1) is 0 Å². The molecule has 0 fully saturated rings. The zero-order chi connectivity index (χ0) is 17.1. The van der Waals surface area contributed by atoms with E-state index in [-0.39, 0.29) is 5.75 Å². The minimum atomic E-state index is 0.198. The van der Waals surface area contributed by atoms with Crippen LogP contribution in [0.3, 0.4) is 0 Å². The highest BCUT2D eigenvalue weighted by molar-refractivity contribution is 7.14. The van der Waals surface area contributed by atoms with Gasteiger partial charge in [0, 0.05) is 16.5 Å². The second-order valence-corrected chi connectivity index (χ2v) is 6.35. The van der Waals surface area contributed by atoms with Crippen LogP contribution in [-0.4, -0.2) is 16.3 Å². The molecule has 4 rings (SSSR count). The van der Waals surface area contributed by atoms with E-state index in [2.05, 4.69) is 39.8 Å². The fourth-order valence-electron chi connectivity index (χ4n) is 2.65. The fraction of sp³-hybridized carbons (Fsp3) is 0. The summed E-state index contributed by atoms with van der Waals surface area (Å²) in [6, 6.07) is 21.5. The maximum Gasteiger partial charge on any atom is 0.203 e. The smallest absolute Gasteiger partial charge is 0.203 e. The van der Waals surface area contributed by atoms with Crippen LogP contribution in [0.5, 0.6) is 5.75 Å². The van der Waals surface area contributed by atoms with Crippen molar-refractivity contribution in [3.63, 3.8) is 0 Å². The number of hydrogen-bond donors (Lipinski definition) is 2. The number of fused-ring (bicyclic) bond motifs is 1. The molecule has 0 saturated heterocycles. The maximum absolute atomic E-state index is 9.73. The molecule has 2 N–H and O–H groups in total. The molecule has 3 aromatic carbocycles. The van der Waals surface area contributed by atoms with Gasteiger partial charge in [-0.1, -0.05) is 54.6 Å². The second kappa shape index (κ2) is 6.75. The Bertz CT molecular complexity index is 1050. The predicted molar refractivity (Wildman–Crippen MR) is 104 cm³/mol. The molecule has 4 nitrogen and oxygen atoms in total. The first-order valence-corrected chi connectivity index (χ1v) is 8.70. The first-order valence-electron chi connectivity index (χ1n) is 7.82. The number of aromatic hydroxyl groups is 1. The van der Waals surface area contributed by atoms with Crippen molar-refractivity contribution in [2.24, 2.45) is 5.10 Å². The van der Waals surface area contributed by atoms with Gasteiger partial charge in [0.2, 0.25) is 5.13 Å². The molecule has 0 bridgehead atoms. The number of nitrogens with zero attached hydrogens (tertiary/aromatic N) is 2. The molecule has 4 aromatic rings. The van der Waals surface area contributed by atoms with Gasteiger partial charge >= 0.3 is 0 Å². The van der Waals surface area contributed by atoms with Crippen molar-refractivity contribution in [3.8, 4) is 17.0 Å². The molecular weight excluding hydrogens is 330 g/mol. The predicted octanol–water partition coefficient (Wildman–Crippen LogP) is 5.11. The van der Waals surface area contributed by atoms with Gasteiger partial charge in [0.25, 0.3) is 0 Å². The Morgan fingerprint density at radius 1 is 0.960 bits per heavy atom. The molecule has 25 heavy (non-hydrogen) atoms. The molecule has 0 amide bonds. The zero-order valence-corrected chi connectivity index (χ0v) is 14.1. The lowest BCUT2D eigenvalue weighted by Gasteiger charge is -2.03. The van der Waals surface area contributed by atoms with Crippen molar-refractivity contribution in [1.82, 2.24) is 4.98 Å². The number of anilines is 1. The van der Waals surface area contributed by atoms with E-state index in [9.17, 15) is 5.11 Å². The number of rotatable bonds is 4. The summed E-state index contributed by atoms with van der Waals surface area (Å²) in [5.74, 6) is 0.198. The summed E-state index contributed by atoms with van der Waals surface area (Å²) in [6.07, 6.45) is 1.58. The first kappa shape index (κ1) is 15.4. The normalized spacial score (nSPS) is 11.2. The van der Waals surface area contributed by atoms with Gasteiger partial charge in [-0.05, 0) is 22.9 Å².